The van der Waals surface area contributed by atoms with E-state index in [1.54, 1.807) is 23.9 Å². The van der Waals surface area contributed by atoms with E-state index in [2.05, 4.69) is 10.3 Å². The summed E-state index contributed by atoms with van der Waals surface area (Å²) < 4.78 is 7.41. The molecule has 0 spiro atoms. The van der Waals surface area contributed by atoms with Crippen LogP contribution in [-0.2, 0) is 5.75 Å². The number of piperidine rings is 1. The van der Waals surface area contributed by atoms with Crippen molar-refractivity contribution in [2.24, 2.45) is 0 Å². The summed E-state index contributed by atoms with van der Waals surface area (Å²) in [7, 11) is 0. The molecule has 4 aromatic rings. The van der Waals surface area contributed by atoms with Crippen LogP contribution in [0.4, 0.5) is 0 Å². The molecule has 1 aromatic carbocycles. The Morgan fingerprint density at radius 2 is 1.88 bits per heavy atom. The summed E-state index contributed by atoms with van der Waals surface area (Å²) in [6.07, 6.45) is 5.49. The molecule has 174 valence electrons. The van der Waals surface area contributed by atoms with Gasteiger partial charge < -0.3 is 19.0 Å². The van der Waals surface area contributed by atoms with E-state index in [9.17, 15) is 9.59 Å². The molecule has 0 unspecified atom stereocenters. The summed E-state index contributed by atoms with van der Waals surface area (Å²) >= 11 is 1.70. The van der Waals surface area contributed by atoms with Crippen molar-refractivity contribution in [1.29, 1.82) is 0 Å². The Kier molecular flexibility index (Phi) is 6.40. The van der Waals surface area contributed by atoms with Crippen LogP contribution in [0.1, 0.15) is 45.2 Å². The number of aryl methyl sites for hydroxylation is 1. The second-order valence-electron chi connectivity index (χ2n) is 8.46. The Bertz CT molecular complexity index is 1270. The Hall–Kier alpha value is -3.52. The van der Waals surface area contributed by atoms with E-state index >= 15 is 0 Å². The van der Waals surface area contributed by atoms with Crippen LogP contribution in [0.15, 0.2) is 76.3 Å². The number of carbonyl (C=O) groups excluding carboxylic acids is 2. The highest BCUT2D eigenvalue weighted by atomic mass is 32.2. The number of fused-ring (bicyclic) bond motifs is 1. The van der Waals surface area contributed by atoms with Crippen LogP contribution >= 0.6 is 11.8 Å². The maximum Gasteiger partial charge on any atom is 0.287 e. The van der Waals surface area contributed by atoms with Gasteiger partial charge in [-0.05, 0) is 68.3 Å². The number of furan rings is 1. The molecule has 0 aliphatic carbocycles. The Morgan fingerprint density at radius 1 is 1.09 bits per heavy atom. The fourth-order valence-corrected chi connectivity index (χ4v) is 4.91. The molecule has 5 rings (SSSR count). The summed E-state index contributed by atoms with van der Waals surface area (Å²) in [5, 5.41) is 3.01. The second kappa shape index (κ2) is 9.77. The fraction of sp³-hybridized carbons (Fsp3) is 0.269. The highest BCUT2D eigenvalue weighted by Crippen LogP contribution is 2.24. The zero-order chi connectivity index (χ0) is 23.5. The van der Waals surface area contributed by atoms with Gasteiger partial charge in [-0.15, -0.1) is 11.8 Å². The van der Waals surface area contributed by atoms with Crippen molar-refractivity contribution in [2.75, 3.05) is 13.1 Å². The minimum Gasteiger partial charge on any atom is -0.456 e. The van der Waals surface area contributed by atoms with E-state index in [1.807, 2.05) is 71.1 Å². The number of rotatable bonds is 6. The van der Waals surface area contributed by atoms with Crippen molar-refractivity contribution < 1.29 is 14.0 Å². The van der Waals surface area contributed by atoms with Gasteiger partial charge in [0.15, 0.2) is 5.76 Å². The first-order valence-corrected chi connectivity index (χ1v) is 12.4. The number of nitrogens with one attached hydrogen (secondary N) is 1. The Labute approximate surface area is 202 Å². The average Bonchev–Trinajstić information content (AvgIpc) is 3.49. The third kappa shape index (κ3) is 5.02. The van der Waals surface area contributed by atoms with Crippen LogP contribution in [0.5, 0.6) is 0 Å². The van der Waals surface area contributed by atoms with Crippen LogP contribution < -0.4 is 5.32 Å². The highest BCUT2D eigenvalue weighted by Gasteiger charge is 2.25. The lowest BCUT2D eigenvalue weighted by Crippen LogP contribution is -2.46. The molecule has 1 aliphatic rings. The molecule has 7 nitrogen and oxygen atoms in total. The molecule has 0 saturated carbocycles. The molecule has 3 aromatic heterocycles. The minimum atomic E-state index is -0.199. The standard InChI is InChI=1S/C26H26N4O3S/c1-18-5-10-23(33-18)25(31)28-20-11-14-29(15-12-20)26(32)19-6-8-22(9-7-19)34-17-21-16-30-13-3-2-4-24(30)27-21/h2-10,13,16,20H,11-12,14-15,17H2,1H3,(H,28,31). The van der Waals surface area contributed by atoms with Crippen molar-refractivity contribution in [3.8, 4) is 0 Å². The smallest absolute Gasteiger partial charge is 0.287 e. The van der Waals surface area contributed by atoms with Crippen molar-refractivity contribution in [2.45, 2.75) is 36.5 Å². The lowest BCUT2D eigenvalue weighted by molar-refractivity contribution is 0.0695. The van der Waals surface area contributed by atoms with Gasteiger partial charge in [0.05, 0.1) is 5.69 Å². The molecule has 1 fully saturated rings. The monoisotopic (exact) mass is 474 g/mol. The molecule has 4 heterocycles. The van der Waals surface area contributed by atoms with Crippen LogP contribution in [0, 0.1) is 6.92 Å². The zero-order valence-electron chi connectivity index (χ0n) is 18.9. The number of amides is 2. The maximum absolute atomic E-state index is 12.9. The quantitative estimate of drug-likeness (QED) is 0.415. The molecule has 0 atom stereocenters. The number of carbonyl (C=O) groups is 2. The number of thioether (sulfide) groups is 1. The van der Waals surface area contributed by atoms with Crippen molar-refractivity contribution in [3.05, 3.63) is 89.8 Å². The van der Waals surface area contributed by atoms with E-state index in [1.165, 1.54) is 0 Å². The van der Waals surface area contributed by atoms with E-state index in [-0.39, 0.29) is 17.9 Å². The topological polar surface area (TPSA) is 79.9 Å². The molecule has 0 bridgehead atoms. The van der Waals surface area contributed by atoms with Gasteiger partial charge in [0.2, 0.25) is 0 Å². The van der Waals surface area contributed by atoms with Crippen molar-refractivity contribution in [3.63, 3.8) is 0 Å². The SMILES string of the molecule is Cc1ccc(C(=O)NC2CCN(C(=O)c3ccc(SCc4cn5ccccc5n4)cc3)CC2)o1. The van der Waals surface area contributed by atoms with E-state index < -0.39 is 0 Å². The summed E-state index contributed by atoms with van der Waals surface area (Å²) in [6, 6.07) is 17.2. The summed E-state index contributed by atoms with van der Waals surface area (Å²) in [5.74, 6) is 1.64. The van der Waals surface area contributed by atoms with Gasteiger partial charge in [-0.25, -0.2) is 4.98 Å². The lowest BCUT2D eigenvalue weighted by Gasteiger charge is -2.32. The first kappa shape index (κ1) is 22.3. The molecular weight excluding hydrogens is 448 g/mol. The van der Waals surface area contributed by atoms with Gasteiger partial charge in [-0.2, -0.15) is 0 Å². The number of likely N-dealkylation sites (tertiary alicyclic amines) is 1. The number of benzene rings is 1. The number of hydrogen-bond acceptors (Lipinski definition) is 5. The number of imidazole rings is 1. The van der Waals surface area contributed by atoms with Crippen molar-refractivity contribution >= 4 is 29.2 Å². The largest absolute Gasteiger partial charge is 0.456 e. The molecule has 1 saturated heterocycles. The van der Waals surface area contributed by atoms with Gasteiger partial charge >= 0.3 is 0 Å². The highest BCUT2D eigenvalue weighted by molar-refractivity contribution is 7.98. The predicted octanol–water partition coefficient (Wildman–Crippen LogP) is 4.56. The molecule has 1 N–H and O–H groups in total. The van der Waals surface area contributed by atoms with Gasteiger partial charge in [-0.1, -0.05) is 6.07 Å². The minimum absolute atomic E-state index is 0.0309. The molecule has 34 heavy (non-hydrogen) atoms. The van der Waals surface area contributed by atoms with Crippen LogP contribution in [-0.4, -0.2) is 45.2 Å². The Balaban J connectivity index is 1.11. The van der Waals surface area contributed by atoms with Crippen molar-refractivity contribution in [1.82, 2.24) is 19.6 Å². The molecular formula is C26H26N4O3S. The first-order valence-electron chi connectivity index (χ1n) is 11.4. The number of hydrogen-bond donors (Lipinski definition) is 1. The predicted molar refractivity (Wildman–Crippen MR) is 131 cm³/mol. The fourth-order valence-electron chi connectivity index (χ4n) is 4.13. The zero-order valence-corrected chi connectivity index (χ0v) is 19.8. The van der Waals surface area contributed by atoms with E-state index in [4.69, 9.17) is 4.42 Å². The van der Waals surface area contributed by atoms with Gasteiger partial charge in [0, 0.05) is 47.7 Å². The third-order valence-corrected chi connectivity index (χ3v) is 7.03. The van der Waals surface area contributed by atoms with Gasteiger partial charge in [0.1, 0.15) is 11.4 Å². The van der Waals surface area contributed by atoms with Crippen LogP contribution in [0.2, 0.25) is 0 Å². The molecule has 0 radical (unpaired) electrons. The summed E-state index contributed by atoms with van der Waals surface area (Å²) in [5.41, 5.74) is 2.65. The molecule has 8 heteroatoms. The lowest BCUT2D eigenvalue weighted by atomic mass is 10.0. The average molecular weight is 475 g/mol. The van der Waals surface area contributed by atoms with Crippen LogP contribution in [0.25, 0.3) is 5.65 Å². The van der Waals surface area contributed by atoms with Gasteiger partial charge in [-0.3, -0.25) is 9.59 Å². The number of nitrogens with zero attached hydrogens (tertiary/aromatic N) is 3. The molecule has 2 amide bonds. The van der Waals surface area contributed by atoms with E-state index in [0.29, 0.717) is 30.2 Å². The summed E-state index contributed by atoms with van der Waals surface area (Å²) in [6.45, 7) is 3.05. The normalized spacial score (nSPS) is 14.4. The number of pyridine rings is 1. The second-order valence-corrected chi connectivity index (χ2v) is 9.51. The van der Waals surface area contributed by atoms with Crippen LogP contribution in [0.3, 0.4) is 0 Å². The Morgan fingerprint density at radius 3 is 2.59 bits per heavy atom. The first-order chi connectivity index (χ1) is 16.5. The maximum atomic E-state index is 12.9. The van der Waals surface area contributed by atoms with E-state index in [0.717, 1.165) is 34.8 Å². The number of aromatic nitrogens is 2. The molecule has 1 aliphatic heterocycles. The third-order valence-electron chi connectivity index (χ3n) is 5.98. The van der Waals surface area contributed by atoms with Gasteiger partial charge in [0.25, 0.3) is 11.8 Å². The summed E-state index contributed by atoms with van der Waals surface area (Å²) in [4.78, 5) is 32.8.